The number of carbonyl (C=O) groups is 2. The van der Waals surface area contributed by atoms with Crippen LogP contribution in [0.3, 0.4) is 0 Å². The van der Waals surface area contributed by atoms with Gasteiger partial charge in [-0.3, -0.25) is 9.69 Å². The van der Waals surface area contributed by atoms with Crippen LogP contribution in [0.1, 0.15) is 40.5 Å². The molecule has 8 heteroatoms. The molecule has 0 aromatic rings. The maximum atomic E-state index is 12.9. The molecule has 1 amide bonds. The van der Waals surface area contributed by atoms with Crippen molar-refractivity contribution in [2.75, 3.05) is 0 Å². The van der Waals surface area contributed by atoms with Crippen LogP contribution in [0.2, 0.25) is 0 Å². The summed E-state index contributed by atoms with van der Waals surface area (Å²) in [6.07, 6.45) is -3.36. The van der Waals surface area contributed by atoms with Gasteiger partial charge in [0.1, 0.15) is 0 Å². The van der Waals surface area contributed by atoms with Crippen molar-refractivity contribution in [3.8, 4) is 0 Å². The molecular formula is C13H21F3N2O3. The summed E-state index contributed by atoms with van der Waals surface area (Å²) in [7, 11) is 0. The number of likely N-dealkylation sites (tertiary alicyclic amines) is 1. The van der Waals surface area contributed by atoms with Crippen LogP contribution in [-0.4, -0.2) is 51.7 Å². The van der Waals surface area contributed by atoms with Gasteiger partial charge < -0.3 is 10.4 Å². The van der Waals surface area contributed by atoms with E-state index in [1.165, 1.54) is 6.92 Å². The topological polar surface area (TPSA) is 69.6 Å². The molecule has 1 fully saturated rings. The van der Waals surface area contributed by atoms with Gasteiger partial charge in [-0.1, -0.05) is 0 Å². The lowest BCUT2D eigenvalue weighted by Gasteiger charge is -2.35. The number of hydrogen-bond donors (Lipinski definition) is 2. The van der Waals surface area contributed by atoms with E-state index in [2.05, 4.69) is 0 Å². The van der Waals surface area contributed by atoms with Gasteiger partial charge in [0.05, 0.1) is 6.04 Å². The van der Waals surface area contributed by atoms with E-state index >= 15 is 0 Å². The minimum atomic E-state index is -5.07. The molecule has 4 unspecified atom stereocenters. The average Bonchev–Trinajstić information content (AvgIpc) is 2.66. The molecule has 1 aliphatic rings. The normalized spacial score (nSPS) is 28.0. The first-order valence-corrected chi connectivity index (χ1v) is 6.81. The SMILES string of the molecule is CC1CCC(C)N1C(C)C(=O)NC(C)(C(=O)O)C(F)(F)F. The van der Waals surface area contributed by atoms with Crippen molar-refractivity contribution in [3.05, 3.63) is 0 Å². The molecule has 0 aromatic heterocycles. The average molecular weight is 310 g/mol. The number of nitrogens with one attached hydrogen (secondary N) is 1. The Hall–Kier alpha value is -1.31. The number of rotatable bonds is 4. The summed E-state index contributed by atoms with van der Waals surface area (Å²) < 4.78 is 38.7. The highest BCUT2D eigenvalue weighted by atomic mass is 19.4. The van der Waals surface area contributed by atoms with Crippen LogP contribution in [0.5, 0.6) is 0 Å². The lowest BCUT2D eigenvalue weighted by molar-refractivity contribution is -0.207. The number of halogens is 3. The van der Waals surface area contributed by atoms with Crippen molar-refractivity contribution in [1.82, 2.24) is 10.2 Å². The highest BCUT2D eigenvalue weighted by Crippen LogP contribution is 2.31. The Labute approximate surface area is 121 Å². The standard InChI is InChI=1S/C13H21F3N2O3/c1-7-5-6-8(2)18(7)9(3)10(19)17-12(4,11(20)21)13(14,15)16/h7-9H,5-6H2,1-4H3,(H,17,19)(H,20,21). The summed E-state index contributed by atoms with van der Waals surface area (Å²) >= 11 is 0. The Morgan fingerprint density at radius 2 is 1.67 bits per heavy atom. The summed E-state index contributed by atoms with van der Waals surface area (Å²) in [6.45, 7) is 5.74. The Morgan fingerprint density at radius 3 is 2.00 bits per heavy atom. The number of carbonyl (C=O) groups excluding carboxylic acids is 1. The zero-order valence-electron chi connectivity index (χ0n) is 12.5. The molecule has 1 aliphatic heterocycles. The van der Waals surface area contributed by atoms with E-state index in [0.29, 0.717) is 6.92 Å². The fourth-order valence-corrected chi connectivity index (χ4v) is 2.71. The number of alkyl halides is 3. The maximum absolute atomic E-state index is 12.9. The van der Waals surface area contributed by atoms with E-state index in [1.54, 1.807) is 5.32 Å². The summed E-state index contributed by atoms with van der Waals surface area (Å²) in [5, 5.41) is 10.5. The predicted molar refractivity (Wildman–Crippen MR) is 69.7 cm³/mol. The summed E-state index contributed by atoms with van der Waals surface area (Å²) in [5.74, 6) is -3.06. The van der Waals surface area contributed by atoms with Gasteiger partial charge in [-0.05, 0) is 40.5 Å². The molecule has 1 heterocycles. The number of nitrogens with zero attached hydrogens (tertiary/aromatic N) is 1. The van der Waals surface area contributed by atoms with Gasteiger partial charge in [0.15, 0.2) is 0 Å². The molecule has 21 heavy (non-hydrogen) atoms. The first-order valence-electron chi connectivity index (χ1n) is 6.81. The third kappa shape index (κ3) is 3.30. The Kier molecular flexibility index (Phi) is 4.92. The molecule has 0 aromatic carbocycles. The van der Waals surface area contributed by atoms with E-state index < -0.39 is 29.6 Å². The predicted octanol–water partition coefficient (Wildman–Crippen LogP) is 1.77. The molecule has 5 nitrogen and oxygen atoms in total. The minimum Gasteiger partial charge on any atom is -0.479 e. The van der Waals surface area contributed by atoms with Gasteiger partial charge in [0, 0.05) is 12.1 Å². The van der Waals surface area contributed by atoms with Crippen molar-refractivity contribution in [2.45, 2.75) is 70.4 Å². The van der Waals surface area contributed by atoms with E-state index in [0.717, 1.165) is 12.8 Å². The van der Waals surface area contributed by atoms with Crippen LogP contribution in [0.15, 0.2) is 0 Å². The fourth-order valence-electron chi connectivity index (χ4n) is 2.71. The van der Waals surface area contributed by atoms with Crippen LogP contribution < -0.4 is 5.32 Å². The first kappa shape index (κ1) is 17.7. The molecule has 122 valence electrons. The molecule has 0 saturated carbocycles. The second-order valence-electron chi connectivity index (χ2n) is 5.82. The molecule has 4 atom stereocenters. The van der Waals surface area contributed by atoms with Gasteiger partial charge in [0.2, 0.25) is 11.4 Å². The molecule has 0 bridgehead atoms. The molecular weight excluding hydrogens is 289 g/mol. The van der Waals surface area contributed by atoms with Crippen LogP contribution in [0, 0.1) is 0 Å². The van der Waals surface area contributed by atoms with Crippen LogP contribution in [-0.2, 0) is 9.59 Å². The van der Waals surface area contributed by atoms with Gasteiger partial charge >= 0.3 is 12.1 Å². The van der Waals surface area contributed by atoms with Gasteiger partial charge in [-0.25, -0.2) is 4.79 Å². The smallest absolute Gasteiger partial charge is 0.422 e. The zero-order chi connectivity index (χ0) is 16.6. The van der Waals surface area contributed by atoms with Crippen molar-refractivity contribution in [1.29, 1.82) is 0 Å². The van der Waals surface area contributed by atoms with Crippen molar-refractivity contribution >= 4 is 11.9 Å². The van der Waals surface area contributed by atoms with Crippen molar-refractivity contribution in [2.24, 2.45) is 0 Å². The number of aliphatic carboxylic acids is 1. The molecule has 0 radical (unpaired) electrons. The quantitative estimate of drug-likeness (QED) is 0.830. The van der Waals surface area contributed by atoms with E-state index in [1.807, 2.05) is 18.7 Å². The Morgan fingerprint density at radius 1 is 1.24 bits per heavy atom. The molecule has 0 spiro atoms. The molecule has 0 aliphatic carbocycles. The fraction of sp³-hybridized carbons (Fsp3) is 0.846. The Balaban J connectivity index is 2.91. The van der Waals surface area contributed by atoms with E-state index in [4.69, 9.17) is 5.11 Å². The second kappa shape index (κ2) is 5.82. The maximum Gasteiger partial charge on any atom is 0.422 e. The summed E-state index contributed by atoms with van der Waals surface area (Å²) in [4.78, 5) is 24.8. The number of hydrogen-bond acceptors (Lipinski definition) is 3. The van der Waals surface area contributed by atoms with Gasteiger partial charge in [-0.2, -0.15) is 13.2 Å². The monoisotopic (exact) mass is 310 g/mol. The van der Waals surface area contributed by atoms with E-state index in [-0.39, 0.29) is 12.1 Å². The highest BCUT2D eigenvalue weighted by Gasteiger charge is 2.59. The number of carboxylic acid groups (broad SMARTS) is 1. The number of carboxylic acids is 1. The summed E-state index contributed by atoms with van der Waals surface area (Å²) in [6, 6.07) is -0.677. The number of amides is 1. The van der Waals surface area contributed by atoms with Crippen LogP contribution >= 0.6 is 0 Å². The first-order chi connectivity index (χ1) is 9.41. The molecule has 1 rings (SSSR count). The minimum absolute atomic E-state index is 0.0720. The largest absolute Gasteiger partial charge is 0.479 e. The van der Waals surface area contributed by atoms with Gasteiger partial charge in [0.25, 0.3) is 0 Å². The summed E-state index contributed by atoms with van der Waals surface area (Å²) in [5.41, 5.74) is -3.29. The second-order valence-corrected chi connectivity index (χ2v) is 5.82. The Bertz CT molecular complexity index is 417. The van der Waals surface area contributed by atoms with E-state index in [9.17, 15) is 22.8 Å². The van der Waals surface area contributed by atoms with Crippen molar-refractivity contribution in [3.63, 3.8) is 0 Å². The zero-order valence-corrected chi connectivity index (χ0v) is 12.5. The molecule has 1 saturated heterocycles. The third-order valence-corrected chi connectivity index (χ3v) is 4.21. The van der Waals surface area contributed by atoms with Gasteiger partial charge in [-0.15, -0.1) is 0 Å². The lowest BCUT2D eigenvalue weighted by atomic mass is 10.0. The third-order valence-electron chi connectivity index (χ3n) is 4.21. The van der Waals surface area contributed by atoms with Crippen LogP contribution in [0.4, 0.5) is 13.2 Å². The van der Waals surface area contributed by atoms with Crippen molar-refractivity contribution < 1.29 is 27.9 Å². The molecule has 2 N–H and O–H groups in total. The highest BCUT2D eigenvalue weighted by molar-refractivity contribution is 5.89. The lowest BCUT2D eigenvalue weighted by Crippen LogP contribution is -2.64. The van der Waals surface area contributed by atoms with Crippen LogP contribution in [0.25, 0.3) is 0 Å².